The monoisotopic (exact) mass is 339 g/mol. The molecule has 1 aromatic rings. The average Bonchev–Trinajstić information content (AvgIpc) is 3.07. The number of carbonyl (C=O) groups is 2. The summed E-state index contributed by atoms with van der Waals surface area (Å²) in [7, 11) is 2.99. The van der Waals surface area contributed by atoms with Crippen LogP contribution in [-0.4, -0.2) is 55.3 Å². The molecule has 0 saturated carbocycles. The van der Waals surface area contributed by atoms with Gasteiger partial charge in [0.2, 0.25) is 0 Å². The first kappa shape index (κ1) is 17.5. The van der Waals surface area contributed by atoms with Crippen molar-refractivity contribution >= 4 is 23.6 Å². The number of hydrogen-bond acceptors (Lipinski definition) is 6. The highest BCUT2D eigenvalue weighted by molar-refractivity contribution is 7.99. The van der Waals surface area contributed by atoms with E-state index in [1.165, 1.54) is 30.9 Å². The van der Waals surface area contributed by atoms with Gasteiger partial charge < -0.3 is 19.1 Å². The van der Waals surface area contributed by atoms with E-state index in [4.69, 9.17) is 14.2 Å². The normalized spacial score (nSPS) is 17.0. The molecule has 1 saturated heterocycles. The molecule has 0 aliphatic carbocycles. The van der Waals surface area contributed by atoms with Gasteiger partial charge in [-0.1, -0.05) is 13.0 Å². The van der Waals surface area contributed by atoms with Gasteiger partial charge in [0.05, 0.1) is 26.7 Å². The molecule has 1 fully saturated rings. The van der Waals surface area contributed by atoms with Crippen molar-refractivity contribution in [2.75, 3.05) is 32.5 Å². The number of ether oxygens (including phenoxy) is 3. The Morgan fingerprint density at radius 1 is 1.26 bits per heavy atom. The van der Waals surface area contributed by atoms with E-state index in [1.54, 1.807) is 18.2 Å². The van der Waals surface area contributed by atoms with Gasteiger partial charge in [-0.2, -0.15) is 0 Å². The molecule has 0 N–H and O–H groups in total. The van der Waals surface area contributed by atoms with Gasteiger partial charge in [0.15, 0.2) is 0 Å². The molecule has 0 aromatic heterocycles. The van der Waals surface area contributed by atoms with Crippen LogP contribution in [0.2, 0.25) is 0 Å². The number of esters is 1. The number of amides is 1. The fraction of sp³-hybridized carbons (Fsp3) is 0.500. The molecule has 1 aliphatic heterocycles. The largest absolute Gasteiger partial charge is 0.496 e. The van der Waals surface area contributed by atoms with E-state index in [9.17, 15) is 9.59 Å². The van der Waals surface area contributed by atoms with Crippen molar-refractivity contribution in [1.82, 2.24) is 4.90 Å². The Labute approximate surface area is 140 Å². The van der Waals surface area contributed by atoms with Gasteiger partial charge in [-0.3, -0.25) is 4.79 Å². The van der Waals surface area contributed by atoms with Crippen LogP contribution in [0, 0.1) is 0 Å². The van der Waals surface area contributed by atoms with Crippen molar-refractivity contribution in [3.63, 3.8) is 0 Å². The van der Waals surface area contributed by atoms with Crippen LogP contribution in [0.5, 0.6) is 11.5 Å². The summed E-state index contributed by atoms with van der Waals surface area (Å²) in [5, 5.41) is 0. The lowest BCUT2D eigenvalue weighted by Crippen LogP contribution is -2.43. The summed E-state index contributed by atoms with van der Waals surface area (Å²) >= 11 is 1.52. The zero-order valence-corrected chi connectivity index (χ0v) is 14.4. The average molecular weight is 339 g/mol. The molecular formula is C16H21NO5S. The van der Waals surface area contributed by atoms with Crippen molar-refractivity contribution in [2.24, 2.45) is 0 Å². The molecule has 6 nitrogen and oxygen atoms in total. The third-order valence-electron chi connectivity index (χ3n) is 3.51. The van der Waals surface area contributed by atoms with Gasteiger partial charge in [-0.05, 0) is 18.6 Å². The second-order valence-corrected chi connectivity index (χ2v) is 6.00. The Kier molecular flexibility index (Phi) is 6.15. The van der Waals surface area contributed by atoms with Crippen molar-refractivity contribution in [3.8, 4) is 11.5 Å². The van der Waals surface area contributed by atoms with Crippen LogP contribution in [0.1, 0.15) is 23.7 Å². The number of nitrogens with zero attached hydrogens (tertiary/aromatic N) is 1. The van der Waals surface area contributed by atoms with E-state index in [0.717, 1.165) is 6.42 Å². The fourth-order valence-corrected chi connectivity index (χ4v) is 3.48. The lowest BCUT2D eigenvalue weighted by molar-refractivity contribution is -0.147. The zero-order valence-electron chi connectivity index (χ0n) is 13.5. The van der Waals surface area contributed by atoms with Crippen LogP contribution < -0.4 is 9.47 Å². The molecule has 1 unspecified atom stereocenters. The molecule has 0 spiro atoms. The van der Waals surface area contributed by atoms with Gasteiger partial charge in [0.25, 0.3) is 5.91 Å². The third-order valence-corrected chi connectivity index (χ3v) is 4.52. The molecule has 0 radical (unpaired) electrons. The maximum Gasteiger partial charge on any atom is 0.329 e. The molecule has 0 bridgehead atoms. The van der Waals surface area contributed by atoms with Crippen LogP contribution in [0.15, 0.2) is 18.2 Å². The Morgan fingerprint density at radius 3 is 2.48 bits per heavy atom. The summed E-state index contributed by atoms with van der Waals surface area (Å²) in [5.41, 5.74) is 0.327. The molecule has 126 valence electrons. The van der Waals surface area contributed by atoms with Gasteiger partial charge in [0.1, 0.15) is 23.1 Å². The van der Waals surface area contributed by atoms with Gasteiger partial charge in [0, 0.05) is 5.75 Å². The number of thioether (sulfide) groups is 1. The lowest BCUT2D eigenvalue weighted by Gasteiger charge is -2.24. The van der Waals surface area contributed by atoms with Gasteiger partial charge in [-0.25, -0.2) is 4.79 Å². The molecular weight excluding hydrogens is 318 g/mol. The first-order valence-corrected chi connectivity index (χ1v) is 8.55. The van der Waals surface area contributed by atoms with Crippen LogP contribution >= 0.6 is 11.8 Å². The smallest absolute Gasteiger partial charge is 0.329 e. The van der Waals surface area contributed by atoms with Crippen LogP contribution in [0.4, 0.5) is 0 Å². The third kappa shape index (κ3) is 3.72. The molecule has 1 aromatic carbocycles. The maximum absolute atomic E-state index is 12.9. The predicted molar refractivity (Wildman–Crippen MR) is 88.1 cm³/mol. The van der Waals surface area contributed by atoms with Crippen molar-refractivity contribution < 1.29 is 23.8 Å². The van der Waals surface area contributed by atoms with Crippen molar-refractivity contribution in [1.29, 1.82) is 0 Å². The minimum Gasteiger partial charge on any atom is -0.496 e. The number of hydrogen-bond donors (Lipinski definition) is 0. The van der Waals surface area contributed by atoms with Gasteiger partial charge in [-0.15, -0.1) is 11.8 Å². The Hall–Kier alpha value is -1.89. The molecule has 7 heteroatoms. The number of rotatable bonds is 6. The Bertz CT molecular complexity index is 555. The molecule has 1 amide bonds. The Balaban J connectivity index is 2.27. The van der Waals surface area contributed by atoms with E-state index >= 15 is 0 Å². The predicted octanol–water partition coefficient (Wildman–Crippen LogP) is 2.17. The molecule has 2 rings (SSSR count). The Morgan fingerprint density at radius 2 is 1.91 bits per heavy atom. The molecule has 1 atom stereocenters. The molecule has 1 aliphatic rings. The molecule has 23 heavy (non-hydrogen) atoms. The summed E-state index contributed by atoms with van der Waals surface area (Å²) < 4.78 is 15.8. The summed E-state index contributed by atoms with van der Waals surface area (Å²) in [6.45, 7) is 2.29. The van der Waals surface area contributed by atoms with Crippen LogP contribution in [0.3, 0.4) is 0 Å². The van der Waals surface area contributed by atoms with Crippen LogP contribution in [-0.2, 0) is 9.53 Å². The standard InChI is InChI=1S/C16H21NO5S/c1-4-8-22-16(19)11-9-23-10-17(11)15(18)14-12(20-2)6-5-7-13(14)21-3/h5-7,11H,4,8-10H2,1-3H3. The SMILES string of the molecule is CCCOC(=O)C1CSCN1C(=O)c1c(OC)cccc1OC. The zero-order chi connectivity index (χ0) is 16.8. The summed E-state index contributed by atoms with van der Waals surface area (Å²) in [4.78, 5) is 26.6. The minimum absolute atomic E-state index is 0.289. The van der Waals surface area contributed by atoms with E-state index in [2.05, 4.69) is 0 Å². The number of benzene rings is 1. The second-order valence-electron chi connectivity index (χ2n) is 5.00. The quantitative estimate of drug-likeness (QED) is 0.740. The van der Waals surface area contributed by atoms with Crippen molar-refractivity contribution in [2.45, 2.75) is 19.4 Å². The maximum atomic E-state index is 12.9. The first-order valence-electron chi connectivity index (χ1n) is 7.40. The summed E-state index contributed by atoms with van der Waals surface area (Å²) in [5.74, 6) is 1.16. The van der Waals surface area contributed by atoms with Crippen LogP contribution in [0.25, 0.3) is 0 Å². The lowest BCUT2D eigenvalue weighted by atomic mass is 10.1. The fourth-order valence-electron chi connectivity index (χ4n) is 2.34. The number of carbonyl (C=O) groups excluding carboxylic acids is 2. The van der Waals surface area contributed by atoms with E-state index in [1.807, 2.05) is 6.92 Å². The highest BCUT2D eigenvalue weighted by Gasteiger charge is 2.38. The van der Waals surface area contributed by atoms with Gasteiger partial charge >= 0.3 is 5.97 Å². The van der Waals surface area contributed by atoms with E-state index in [-0.39, 0.29) is 11.9 Å². The minimum atomic E-state index is -0.575. The number of methoxy groups -OCH3 is 2. The summed E-state index contributed by atoms with van der Waals surface area (Å²) in [6.07, 6.45) is 0.750. The highest BCUT2D eigenvalue weighted by atomic mass is 32.2. The molecule has 1 heterocycles. The summed E-state index contributed by atoms with van der Waals surface area (Å²) in [6, 6.07) is 4.57. The van der Waals surface area contributed by atoms with Crippen molar-refractivity contribution in [3.05, 3.63) is 23.8 Å². The topological polar surface area (TPSA) is 65.1 Å². The highest BCUT2D eigenvalue weighted by Crippen LogP contribution is 2.33. The van der Waals surface area contributed by atoms with E-state index < -0.39 is 6.04 Å². The van der Waals surface area contributed by atoms with E-state index in [0.29, 0.717) is 35.3 Å². The second kappa shape index (κ2) is 8.10. The first-order chi connectivity index (χ1) is 11.1.